The third-order valence-corrected chi connectivity index (χ3v) is 9.76. The number of aromatic nitrogens is 4. The van der Waals surface area contributed by atoms with Gasteiger partial charge in [-0.1, -0.05) is 140 Å². The number of hydrogen-bond donors (Lipinski definition) is 2. The van der Waals surface area contributed by atoms with E-state index < -0.39 is 17.5 Å². The number of carbonyl (C=O) groups is 2. The summed E-state index contributed by atoms with van der Waals surface area (Å²) in [6, 6.07) is 45.0. The first kappa shape index (κ1) is 36.7. The van der Waals surface area contributed by atoms with E-state index >= 15 is 0 Å². The van der Waals surface area contributed by atoms with Gasteiger partial charge >= 0.3 is 31.4 Å². The minimum absolute atomic E-state index is 0. The molecule has 0 aliphatic carbocycles. The van der Waals surface area contributed by atoms with Gasteiger partial charge in [0.25, 0.3) is 0 Å². The summed E-state index contributed by atoms with van der Waals surface area (Å²) >= 11 is 0. The Hall–Kier alpha value is -7.22. The summed E-state index contributed by atoms with van der Waals surface area (Å²) in [5, 5.41) is 20.0. The first-order chi connectivity index (χ1) is 27.4. The minimum Gasteiger partial charge on any atom is -0.657 e. The number of carboxylic acids is 2. The van der Waals surface area contributed by atoms with Crippen LogP contribution in [0.1, 0.15) is 28.3 Å². The Labute approximate surface area is 340 Å². The van der Waals surface area contributed by atoms with Crippen LogP contribution in [0.5, 0.6) is 0 Å². The van der Waals surface area contributed by atoms with Crippen molar-refractivity contribution in [3.8, 4) is 44.5 Å². The molecule has 9 heteroatoms. The van der Waals surface area contributed by atoms with Crippen LogP contribution >= 0.6 is 0 Å². The molecule has 0 saturated heterocycles. The molecule has 3 aromatic heterocycles. The van der Waals surface area contributed by atoms with Gasteiger partial charge in [-0.2, -0.15) is 0 Å². The fraction of sp³-hybridized carbons (Fsp3) is 0. The second-order valence-corrected chi connectivity index (χ2v) is 13.2. The Morgan fingerprint density at radius 1 is 0.456 bits per heavy atom. The van der Waals surface area contributed by atoms with Crippen molar-refractivity contribution in [2.75, 3.05) is 0 Å². The molecule has 0 atom stereocenters. The van der Waals surface area contributed by atoms with Crippen LogP contribution in [0.25, 0.3) is 97.0 Å². The first-order valence-electron chi connectivity index (χ1n) is 17.9. The number of hydrogen-bond acceptors (Lipinski definition) is 4. The average molecular weight is 792 g/mol. The van der Waals surface area contributed by atoms with Crippen LogP contribution in [-0.4, -0.2) is 32.1 Å². The van der Waals surface area contributed by atoms with Gasteiger partial charge in [-0.3, -0.25) is 0 Å². The molecular formula is C48H30N4O4Zn. The Morgan fingerprint density at radius 2 is 0.807 bits per heavy atom. The number of benzene rings is 4. The van der Waals surface area contributed by atoms with Crippen molar-refractivity contribution >= 4 is 64.4 Å². The predicted octanol–water partition coefficient (Wildman–Crippen LogP) is 10.1. The molecule has 2 aliphatic rings. The quantitative estimate of drug-likeness (QED) is 0.0707. The van der Waals surface area contributed by atoms with Crippen LogP contribution in [0.2, 0.25) is 0 Å². The molecule has 5 heterocycles. The minimum atomic E-state index is -1.57. The molecule has 0 radical (unpaired) electrons. The molecule has 7 aromatic rings. The Balaban J connectivity index is 0.00000455. The van der Waals surface area contributed by atoms with E-state index in [2.05, 4.69) is 0 Å². The molecule has 268 valence electrons. The van der Waals surface area contributed by atoms with Crippen LogP contribution in [0.3, 0.4) is 0 Å². The molecule has 0 spiro atoms. The first-order valence-corrected chi connectivity index (χ1v) is 17.9. The van der Waals surface area contributed by atoms with E-state index in [9.17, 15) is 19.8 Å². The van der Waals surface area contributed by atoms with E-state index in [0.29, 0.717) is 50.5 Å². The third-order valence-electron chi connectivity index (χ3n) is 9.76. The summed E-state index contributed by atoms with van der Waals surface area (Å²) < 4.78 is 0. The van der Waals surface area contributed by atoms with E-state index in [4.69, 9.17) is 19.9 Å². The zero-order valence-corrected chi connectivity index (χ0v) is 33.3. The van der Waals surface area contributed by atoms with Gasteiger partial charge in [-0.25, -0.2) is 19.6 Å². The van der Waals surface area contributed by atoms with E-state index in [-0.39, 0.29) is 19.5 Å². The summed E-state index contributed by atoms with van der Waals surface area (Å²) in [5.41, 5.74) is 10.8. The van der Waals surface area contributed by atoms with Crippen molar-refractivity contribution < 1.29 is 39.3 Å². The molecule has 0 fully saturated rings. The topological polar surface area (TPSA) is 129 Å². The maximum absolute atomic E-state index is 12.3. The van der Waals surface area contributed by atoms with Crippen LogP contribution < -0.4 is 9.97 Å². The maximum Gasteiger partial charge on any atom is 2.00 e. The number of aliphatic carboxylic acids is 2. The fourth-order valence-corrected chi connectivity index (χ4v) is 7.27. The zero-order valence-electron chi connectivity index (χ0n) is 30.4. The molecule has 8 nitrogen and oxygen atoms in total. The van der Waals surface area contributed by atoms with Crippen LogP contribution in [0, 0.1) is 0 Å². The average Bonchev–Trinajstić information content (AvgIpc) is 4.06. The van der Waals surface area contributed by atoms with Gasteiger partial charge in [0, 0.05) is 0 Å². The van der Waals surface area contributed by atoms with Crippen molar-refractivity contribution in [3.05, 3.63) is 173 Å². The van der Waals surface area contributed by atoms with Gasteiger partial charge in [-0.15, -0.1) is 22.1 Å². The molecule has 0 saturated carbocycles. The Kier molecular flexibility index (Phi) is 9.99. The SMILES string of the molecule is O=C(O)C(=Cc1cc2[n-]c1c(-c1ccccc1)c1nc(c(-c3ccccc3)c3ccc([n-]3)c(-c3ccccc3)c3nc(c2-c2ccccc2)C=C3)C=C1)C(=O)O.[Zn+2]. The molecular weight excluding hydrogens is 762 g/mol. The summed E-state index contributed by atoms with van der Waals surface area (Å²) in [7, 11) is 0. The van der Waals surface area contributed by atoms with Gasteiger partial charge in [0.15, 0.2) is 0 Å². The smallest absolute Gasteiger partial charge is 0.657 e. The van der Waals surface area contributed by atoms with Gasteiger partial charge in [-0.05, 0) is 80.5 Å². The van der Waals surface area contributed by atoms with Crippen LogP contribution in [0.15, 0.2) is 145 Å². The maximum atomic E-state index is 12.3. The molecule has 2 N–H and O–H groups in total. The van der Waals surface area contributed by atoms with Crippen molar-refractivity contribution in [3.63, 3.8) is 0 Å². The fourth-order valence-electron chi connectivity index (χ4n) is 7.27. The zero-order chi connectivity index (χ0) is 38.2. The number of carboxylic acid groups (broad SMARTS) is 2. The molecule has 0 amide bonds. The molecule has 0 unspecified atom stereocenters. The monoisotopic (exact) mass is 790 g/mol. The van der Waals surface area contributed by atoms with Gasteiger partial charge in [0.2, 0.25) is 0 Å². The van der Waals surface area contributed by atoms with Crippen molar-refractivity contribution in [1.82, 2.24) is 19.9 Å². The second kappa shape index (κ2) is 15.5. The largest absolute Gasteiger partial charge is 2.00 e. The van der Waals surface area contributed by atoms with Crippen LogP contribution in [-0.2, 0) is 29.1 Å². The van der Waals surface area contributed by atoms with Gasteiger partial charge in [0.05, 0.1) is 22.8 Å². The summed E-state index contributed by atoms with van der Waals surface area (Å²) in [6.45, 7) is 0. The Bertz CT molecular complexity index is 2930. The van der Waals surface area contributed by atoms with E-state index in [0.717, 1.165) is 44.4 Å². The van der Waals surface area contributed by atoms with Crippen LogP contribution in [0.4, 0.5) is 0 Å². The molecule has 2 aliphatic heterocycles. The second-order valence-electron chi connectivity index (χ2n) is 13.2. The van der Waals surface area contributed by atoms with Crippen molar-refractivity contribution in [1.29, 1.82) is 0 Å². The van der Waals surface area contributed by atoms with E-state index in [1.807, 2.05) is 158 Å². The summed E-state index contributed by atoms with van der Waals surface area (Å²) in [6.07, 6.45) is 8.94. The summed E-state index contributed by atoms with van der Waals surface area (Å²) in [4.78, 5) is 45.7. The molecule has 57 heavy (non-hydrogen) atoms. The normalized spacial score (nSPS) is 11.5. The molecule has 9 rings (SSSR count). The Morgan fingerprint density at radius 3 is 1.19 bits per heavy atom. The molecule has 4 aromatic carbocycles. The van der Waals surface area contributed by atoms with E-state index in [1.165, 1.54) is 6.08 Å². The third kappa shape index (κ3) is 6.97. The number of fused-ring (bicyclic) bond motifs is 8. The van der Waals surface area contributed by atoms with Gasteiger partial charge in [0.1, 0.15) is 5.57 Å². The number of rotatable bonds is 7. The van der Waals surface area contributed by atoms with Crippen molar-refractivity contribution in [2.24, 2.45) is 0 Å². The predicted molar refractivity (Wildman–Crippen MR) is 222 cm³/mol. The number of nitrogens with zero attached hydrogens (tertiary/aromatic N) is 4. The summed E-state index contributed by atoms with van der Waals surface area (Å²) in [5.74, 6) is -3.14. The van der Waals surface area contributed by atoms with E-state index in [1.54, 1.807) is 6.07 Å². The van der Waals surface area contributed by atoms with Crippen molar-refractivity contribution in [2.45, 2.75) is 0 Å². The van der Waals surface area contributed by atoms with Gasteiger partial charge < -0.3 is 20.2 Å². The standard InChI is InChI=1S/C48H32N4O4.Zn/c53-47(54)34(48(55)56)27-33-28-41-44(31-17-9-3-10-18-31)39-24-23-37(50-39)42(29-13-5-1-6-14-29)35-21-22-36(49-35)43(30-15-7-2-8-16-30)38-25-26-40(51-38)45(46(33)52-41)32-19-11-4-12-20-32;/h1-28H,(H4,49,50,51,52,53,54,55,56);/q;+2/p-2. The molecule has 8 bridgehead atoms.